The van der Waals surface area contributed by atoms with Gasteiger partial charge in [-0.1, -0.05) is 0 Å². The highest BCUT2D eigenvalue weighted by molar-refractivity contribution is 5.73. The van der Waals surface area contributed by atoms with Crippen molar-refractivity contribution in [2.24, 2.45) is 25.7 Å². The number of hydrogen-bond acceptors (Lipinski definition) is 5. The van der Waals surface area contributed by atoms with Crippen molar-refractivity contribution in [2.45, 2.75) is 18.4 Å². The van der Waals surface area contributed by atoms with Gasteiger partial charge in [0.2, 0.25) is 5.95 Å². The Morgan fingerprint density at radius 3 is 2.52 bits per heavy atom. The van der Waals surface area contributed by atoms with Crippen LogP contribution in [0, 0.1) is 5.92 Å². The van der Waals surface area contributed by atoms with Crippen LogP contribution in [0.3, 0.4) is 0 Å². The fraction of sp³-hybridized carbons (Fsp3) is 0.615. The van der Waals surface area contributed by atoms with Gasteiger partial charge in [-0.25, -0.2) is 4.79 Å². The van der Waals surface area contributed by atoms with Crippen molar-refractivity contribution in [3.63, 3.8) is 0 Å². The Hall–Kier alpha value is -2.09. The van der Waals surface area contributed by atoms with Gasteiger partial charge in [0.1, 0.15) is 0 Å². The maximum Gasteiger partial charge on any atom is 0.332 e. The summed E-state index contributed by atoms with van der Waals surface area (Å²) >= 11 is 0. The number of H-pyrrole nitrogens is 1. The third-order valence-electron chi connectivity index (χ3n) is 4.74. The first-order valence-corrected chi connectivity index (χ1v) is 7.10. The molecule has 1 saturated heterocycles. The average molecular weight is 290 g/mol. The molecule has 112 valence electrons. The smallest absolute Gasteiger partial charge is 0.332 e. The molecular weight excluding hydrogens is 272 g/mol. The van der Waals surface area contributed by atoms with Crippen molar-refractivity contribution in [1.82, 2.24) is 19.1 Å². The van der Waals surface area contributed by atoms with Crippen LogP contribution in [0.25, 0.3) is 11.2 Å². The Kier molecular flexibility index (Phi) is 2.26. The molecule has 0 spiro atoms. The van der Waals surface area contributed by atoms with Gasteiger partial charge in [-0.05, 0) is 18.8 Å². The van der Waals surface area contributed by atoms with Crippen molar-refractivity contribution >= 4 is 17.1 Å². The van der Waals surface area contributed by atoms with E-state index in [0.29, 0.717) is 23.0 Å². The summed E-state index contributed by atoms with van der Waals surface area (Å²) in [5.74, 6) is 1.24. The molecule has 0 unspecified atom stereocenters. The molecule has 3 heterocycles. The minimum atomic E-state index is -0.375. The molecule has 1 aliphatic heterocycles. The molecule has 2 aromatic rings. The average Bonchev–Trinajstić information content (AvgIpc) is 3.19. The number of nitrogens with zero attached hydrogens (tertiary/aromatic N) is 4. The van der Waals surface area contributed by atoms with Gasteiger partial charge in [-0.15, -0.1) is 0 Å². The zero-order chi connectivity index (χ0) is 14.9. The Bertz CT molecular complexity index is 850. The molecule has 1 aliphatic carbocycles. The van der Waals surface area contributed by atoms with Gasteiger partial charge in [-0.3, -0.25) is 13.9 Å². The molecule has 0 aromatic carbocycles. The summed E-state index contributed by atoms with van der Waals surface area (Å²) in [4.78, 5) is 33.5. The first-order chi connectivity index (χ1) is 9.90. The molecule has 8 heteroatoms. The van der Waals surface area contributed by atoms with Gasteiger partial charge in [0, 0.05) is 27.2 Å². The molecule has 2 aliphatic rings. The van der Waals surface area contributed by atoms with Gasteiger partial charge in [0.05, 0.1) is 5.54 Å². The Morgan fingerprint density at radius 2 is 1.90 bits per heavy atom. The molecule has 0 atom stereocenters. The van der Waals surface area contributed by atoms with Gasteiger partial charge >= 0.3 is 5.69 Å². The molecule has 0 bridgehead atoms. The number of rotatable bonds is 2. The molecular formula is C13H18N6O2. The summed E-state index contributed by atoms with van der Waals surface area (Å²) in [6, 6.07) is 0. The van der Waals surface area contributed by atoms with E-state index in [-0.39, 0.29) is 16.8 Å². The number of imidazole rings is 1. The molecule has 0 amide bonds. The lowest BCUT2D eigenvalue weighted by Gasteiger charge is -2.48. The van der Waals surface area contributed by atoms with Crippen LogP contribution in [0.4, 0.5) is 5.95 Å². The second-order valence-corrected chi connectivity index (χ2v) is 6.33. The SMILES string of the molecule is Cn1c(=O)c2[nH]c(N3CC(N)(C4CC4)C3)nc2n(C)c1=O. The summed E-state index contributed by atoms with van der Waals surface area (Å²) in [6.07, 6.45) is 2.42. The molecule has 3 N–H and O–H groups in total. The van der Waals surface area contributed by atoms with Crippen LogP contribution >= 0.6 is 0 Å². The van der Waals surface area contributed by atoms with Gasteiger partial charge in [0.15, 0.2) is 11.2 Å². The van der Waals surface area contributed by atoms with Gasteiger partial charge < -0.3 is 15.6 Å². The number of aryl methyl sites for hydroxylation is 1. The number of fused-ring (bicyclic) bond motifs is 1. The molecule has 4 rings (SSSR count). The minimum Gasteiger partial charge on any atom is -0.339 e. The third-order valence-corrected chi connectivity index (χ3v) is 4.74. The van der Waals surface area contributed by atoms with Crippen molar-refractivity contribution in [3.05, 3.63) is 20.8 Å². The monoisotopic (exact) mass is 290 g/mol. The fourth-order valence-electron chi connectivity index (χ4n) is 3.19. The third kappa shape index (κ3) is 1.62. The summed E-state index contributed by atoms with van der Waals surface area (Å²) < 4.78 is 2.46. The van der Waals surface area contributed by atoms with Crippen LogP contribution in [0.5, 0.6) is 0 Å². The van der Waals surface area contributed by atoms with Crippen molar-refractivity contribution in [1.29, 1.82) is 0 Å². The zero-order valence-corrected chi connectivity index (χ0v) is 12.1. The molecule has 0 radical (unpaired) electrons. The molecule has 1 saturated carbocycles. The number of anilines is 1. The normalized spacial score (nSPS) is 20.8. The second kappa shape index (κ2) is 3.76. The van der Waals surface area contributed by atoms with Crippen molar-refractivity contribution < 1.29 is 0 Å². The van der Waals surface area contributed by atoms with Crippen LogP contribution in [0.15, 0.2) is 9.59 Å². The summed E-state index contributed by atoms with van der Waals surface area (Å²) in [6.45, 7) is 1.48. The highest BCUT2D eigenvalue weighted by Gasteiger charge is 2.51. The standard InChI is InChI=1S/C13H18N6O2/c1-17-9-8(10(20)18(2)12(17)21)15-11(16-9)19-5-13(14,6-19)7-3-4-7/h7H,3-6,14H2,1-2H3,(H,15,16). The zero-order valence-electron chi connectivity index (χ0n) is 12.1. The van der Waals surface area contributed by atoms with E-state index in [0.717, 1.165) is 17.7 Å². The maximum absolute atomic E-state index is 12.1. The number of aromatic nitrogens is 4. The Balaban J connectivity index is 1.75. The summed E-state index contributed by atoms with van der Waals surface area (Å²) in [5.41, 5.74) is 6.24. The summed E-state index contributed by atoms with van der Waals surface area (Å²) in [7, 11) is 3.08. The predicted molar refractivity (Wildman–Crippen MR) is 78.4 cm³/mol. The lowest BCUT2D eigenvalue weighted by Crippen LogP contribution is -2.69. The predicted octanol–water partition coefficient (Wildman–Crippen LogP) is -1.11. The van der Waals surface area contributed by atoms with E-state index >= 15 is 0 Å². The quantitative estimate of drug-likeness (QED) is 0.730. The van der Waals surface area contributed by atoms with Crippen molar-refractivity contribution in [2.75, 3.05) is 18.0 Å². The molecule has 2 aromatic heterocycles. The van der Waals surface area contributed by atoms with E-state index in [1.54, 1.807) is 7.05 Å². The number of hydrogen-bond donors (Lipinski definition) is 2. The lowest BCUT2D eigenvalue weighted by atomic mass is 9.86. The second-order valence-electron chi connectivity index (χ2n) is 6.33. The van der Waals surface area contributed by atoms with E-state index in [2.05, 4.69) is 9.97 Å². The van der Waals surface area contributed by atoms with Crippen LogP contribution in [-0.4, -0.2) is 37.7 Å². The topological polar surface area (TPSA) is 102 Å². The van der Waals surface area contributed by atoms with E-state index in [9.17, 15) is 9.59 Å². The van der Waals surface area contributed by atoms with E-state index in [1.165, 1.54) is 24.5 Å². The molecule has 21 heavy (non-hydrogen) atoms. The lowest BCUT2D eigenvalue weighted by molar-refractivity contribution is 0.288. The maximum atomic E-state index is 12.1. The number of nitrogens with one attached hydrogen (secondary N) is 1. The van der Waals surface area contributed by atoms with Crippen LogP contribution < -0.4 is 21.9 Å². The number of nitrogens with two attached hydrogens (primary N) is 1. The van der Waals surface area contributed by atoms with E-state index in [4.69, 9.17) is 5.73 Å². The van der Waals surface area contributed by atoms with Gasteiger partial charge in [0.25, 0.3) is 5.56 Å². The van der Waals surface area contributed by atoms with Crippen molar-refractivity contribution in [3.8, 4) is 0 Å². The van der Waals surface area contributed by atoms with Crippen LogP contribution in [0.2, 0.25) is 0 Å². The minimum absolute atomic E-state index is 0.115. The Morgan fingerprint density at radius 1 is 1.24 bits per heavy atom. The van der Waals surface area contributed by atoms with Gasteiger partial charge in [-0.2, -0.15) is 4.98 Å². The Labute approximate surface area is 120 Å². The molecule has 8 nitrogen and oxygen atoms in total. The van der Waals surface area contributed by atoms with Crippen LogP contribution in [0.1, 0.15) is 12.8 Å². The largest absolute Gasteiger partial charge is 0.339 e. The first-order valence-electron chi connectivity index (χ1n) is 7.10. The summed E-state index contributed by atoms with van der Waals surface area (Å²) in [5, 5.41) is 0. The highest BCUT2D eigenvalue weighted by Crippen LogP contribution is 2.43. The highest BCUT2D eigenvalue weighted by atomic mass is 16.2. The first kappa shape index (κ1) is 12.6. The van der Waals surface area contributed by atoms with E-state index < -0.39 is 0 Å². The molecule has 2 fully saturated rings. The number of aromatic amines is 1. The van der Waals surface area contributed by atoms with Crippen LogP contribution in [-0.2, 0) is 14.1 Å². The fourth-order valence-corrected chi connectivity index (χ4v) is 3.19. The van der Waals surface area contributed by atoms with E-state index in [1.807, 2.05) is 4.90 Å².